The number of piperazine rings is 1. The number of anilines is 1. The van der Waals surface area contributed by atoms with Gasteiger partial charge in [-0.05, 0) is 48.9 Å². The fraction of sp³-hybridized carbons (Fsp3) is 0.387. The normalized spacial score (nSPS) is 18.3. The van der Waals surface area contributed by atoms with Crippen molar-refractivity contribution in [3.8, 4) is 5.75 Å². The van der Waals surface area contributed by atoms with E-state index in [4.69, 9.17) is 9.47 Å². The van der Waals surface area contributed by atoms with Gasteiger partial charge >= 0.3 is 0 Å². The van der Waals surface area contributed by atoms with E-state index in [-0.39, 0.29) is 17.5 Å². The van der Waals surface area contributed by atoms with E-state index < -0.39 is 0 Å². The Hall–Kier alpha value is -3.99. The van der Waals surface area contributed by atoms with Crippen molar-refractivity contribution in [2.45, 2.75) is 13.5 Å². The van der Waals surface area contributed by atoms with Crippen LogP contribution in [-0.4, -0.2) is 92.2 Å². The molecule has 41 heavy (non-hydrogen) atoms. The zero-order chi connectivity index (χ0) is 28.6. The fourth-order valence-electron chi connectivity index (χ4n) is 5.24. The number of nitrogens with zero attached hydrogens (tertiary/aromatic N) is 4. The van der Waals surface area contributed by atoms with Crippen LogP contribution in [0.1, 0.15) is 33.3 Å². The molecule has 0 aliphatic carbocycles. The molecule has 216 valence electrons. The van der Waals surface area contributed by atoms with Crippen molar-refractivity contribution in [3.05, 3.63) is 89.4 Å². The van der Waals surface area contributed by atoms with Gasteiger partial charge in [0.2, 0.25) is 0 Å². The molecule has 0 bridgehead atoms. The summed E-state index contributed by atoms with van der Waals surface area (Å²) in [5.41, 5.74) is 3.32. The summed E-state index contributed by atoms with van der Waals surface area (Å²) >= 11 is 0. The van der Waals surface area contributed by atoms with E-state index in [9.17, 15) is 9.59 Å². The predicted octanol–water partition coefficient (Wildman–Crippen LogP) is 2.56. The van der Waals surface area contributed by atoms with Crippen molar-refractivity contribution >= 4 is 17.6 Å². The average molecular weight is 559 g/mol. The standard InChI is InChI=1S/C31H38N6O4/c1-3-6-28(36-13-11-32-12-14-36)26(4-2)34-30(38)27-7-5-8-29(33-27)37-22-23-21-24(9-10-25(23)31(37)39)41-20-17-35-15-18-40-19-16-35/h3-10,21,32H,1,11-20,22H2,2H3,(H,34,38)/b26-4+,28-6+. The number of morpholine rings is 1. The number of carbonyl (C=O) groups excluding carboxylic acids is 2. The average Bonchev–Trinajstić information content (AvgIpc) is 3.35. The molecule has 0 saturated carbocycles. The molecule has 10 nitrogen and oxygen atoms in total. The Morgan fingerprint density at radius 2 is 1.98 bits per heavy atom. The topological polar surface area (TPSA) is 99.3 Å². The second-order valence-electron chi connectivity index (χ2n) is 10.1. The van der Waals surface area contributed by atoms with Crippen LogP contribution in [0.5, 0.6) is 5.75 Å². The van der Waals surface area contributed by atoms with E-state index in [1.165, 1.54) is 0 Å². The number of hydrogen-bond acceptors (Lipinski definition) is 8. The number of rotatable bonds is 10. The molecule has 3 aliphatic heterocycles. The van der Waals surface area contributed by atoms with Crippen molar-refractivity contribution in [1.29, 1.82) is 0 Å². The smallest absolute Gasteiger partial charge is 0.274 e. The first-order valence-electron chi connectivity index (χ1n) is 14.2. The highest BCUT2D eigenvalue weighted by Crippen LogP contribution is 2.30. The molecule has 5 rings (SSSR count). The van der Waals surface area contributed by atoms with Gasteiger partial charge in [-0.15, -0.1) is 0 Å². The molecule has 1 aromatic carbocycles. The van der Waals surface area contributed by atoms with Crippen LogP contribution in [0.4, 0.5) is 5.82 Å². The summed E-state index contributed by atoms with van der Waals surface area (Å²) < 4.78 is 11.4. The maximum Gasteiger partial charge on any atom is 0.274 e. The van der Waals surface area contributed by atoms with Gasteiger partial charge in [-0.3, -0.25) is 19.4 Å². The lowest BCUT2D eigenvalue weighted by Crippen LogP contribution is -2.44. The highest BCUT2D eigenvalue weighted by atomic mass is 16.5. The van der Waals surface area contributed by atoms with Crippen LogP contribution in [0.15, 0.2) is 72.6 Å². The largest absolute Gasteiger partial charge is 0.492 e. The number of hydrogen-bond donors (Lipinski definition) is 2. The van der Waals surface area contributed by atoms with Gasteiger partial charge in [0.05, 0.1) is 31.2 Å². The van der Waals surface area contributed by atoms with E-state index in [1.807, 2.05) is 31.2 Å². The monoisotopic (exact) mass is 558 g/mol. The Bertz CT molecular complexity index is 1330. The highest BCUT2D eigenvalue weighted by molar-refractivity contribution is 6.09. The zero-order valence-corrected chi connectivity index (χ0v) is 23.6. The second-order valence-corrected chi connectivity index (χ2v) is 10.1. The predicted molar refractivity (Wildman–Crippen MR) is 158 cm³/mol. The van der Waals surface area contributed by atoms with Gasteiger partial charge < -0.3 is 25.0 Å². The van der Waals surface area contributed by atoms with E-state index >= 15 is 0 Å². The molecule has 10 heteroatoms. The maximum atomic E-state index is 13.3. The first-order valence-corrected chi connectivity index (χ1v) is 14.2. The molecule has 2 aromatic rings. The van der Waals surface area contributed by atoms with Crippen LogP contribution in [0, 0.1) is 0 Å². The van der Waals surface area contributed by atoms with Crippen LogP contribution >= 0.6 is 0 Å². The Kier molecular flexibility index (Phi) is 9.45. The Labute approximate surface area is 241 Å². The van der Waals surface area contributed by atoms with E-state index in [2.05, 4.69) is 32.0 Å². The molecule has 2 N–H and O–H groups in total. The molecule has 0 spiro atoms. The van der Waals surface area contributed by atoms with Gasteiger partial charge in [-0.25, -0.2) is 4.98 Å². The third kappa shape index (κ3) is 6.84. The summed E-state index contributed by atoms with van der Waals surface area (Å²) in [5.74, 6) is 0.679. The number of benzene rings is 1. The summed E-state index contributed by atoms with van der Waals surface area (Å²) in [6, 6.07) is 10.7. The molecule has 0 atom stereocenters. The number of allylic oxidation sites excluding steroid dienone is 3. The van der Waals surface area contributed by atoms with Gasteiger partial charge in [0.15, 0.2) is 0 Å². The Balaban J connectivity index is 1.24. The van der Waals surface area contributed by atoms with Crippen LogP contribution in [0.3, 0.4) is 0 Å². The zero-order valence-electron chi connectivity index (χ0n) is 23.6. The van der Waals surface area contributed by atoms with Crippen LogP contribution < -0.4 is 20.3 Å². The summed E-state index contributed by atoms with van der Waals surface area (Å²) in [4.78, 5) is 37.3. The molecule has 4 heterocycles. The van der Waals surface area contributed by atoms with Crippen molar-refractivity contribution in [3.63, 3.8) is 0 Å². The second kappa shape index (κ2) is 13.6. The molecule has 2 fully saturated rings. The molecule has 2 saturated heterocycles. The first-order chi connectivity index (χ1) is 20.1. The van der Waals surface area contributed by atoms with Crippen molar-refractivity contribution in [2.24, 2.45) is 0 Å². The van der Waals surface area contributed by atoms with Crippen molar-refractivity contribution in [2.75, 3.05) is 70.5 Å². The number of amides is 2. The van der Waals surface area contributed by atoms with Gasteiger partial charge in [0, 0.05) is 51.4 Å². The molecular weight excluding hydrogens is 520 g/mol. The van der Waals surface area contributed by atoms with Gasteiger partial charge in [-0.2, -0.15) is 0 Å². The minimum absolute atomic E-state index is 0.144. The number of nitrogens with one attached hydrogen (secondary N) is 2. The summed E-state index contributed by atoms with van der Waals surface area (Å²) in [6.45, 7) is 14.3. The SMILES string of the molecule is C=C/C=C(\C(=C/C)NC(=O)c1cccc(N2Cc3cc(OCCN4CCOCC4)ccc3C2=O)n1)N1CCNCC1. The fourth-order valence-corrected chi connectivity index (χ4v) is 5.24. The molecule has 0 radical (unpaired) electrons. The van der Waals surface area contributed by atoms with E-state index in [1.54, 1.807) is 35.2 Å². The van der Waals surface area contributed by atoms with Crippen molar-refractivity contribution < 1.29 is 19.1 Å². The van der Waals surface area contributed by atoms with Crippen LogP contribution in [-0.2, 0) is 11.3 Å². The number of ether oxygens (including phenoxy) is 2. The molecule has 3 aliphatic rings. The summed E-state index contributed by atoms with van der Waals surface area (Å²) in [7, 11) is 0. The van der Waals surface area contributed by atoms with Crippen LogP contribution in [0.2, 0.25) is 0 Å². The lowest BCUT2D eigenvalue weighted by molar-refractivity contribution is 0.0322. The molecule has 0 unspecified atom stereocenters. The van der Waals surface area contributed by atoms with Gasteiger partial charge in [0.25, 0.3) is 11.8 Å². The minimum Gasteiger partial charge on any atom is -0.492 e. The Morgan fingerprint density at radius 3 is 2.73 bits per heavy atom. The van der Waals surface area contributed by atoms with E-state index in [0.717, 1.165) is 76.0 Å². The minimum atomic E-state index is -0.342. The lowest BCUT2D eigenvalue weighted by atomic mass is 10.1. The molecule has 2 amide bonds. The number of fused-ring (bicyclic) bond motifs is 1. The van der Waals surface area contributed by atoms with Crippen LogP contribution in [0.25, 0.3) is 0 Å². The third-order valence-corrected chi connectivity index (χ3v) is 7.45. The number of aromatic nitrogens is 1. The summed E-state index contributed by atoms with van der Waals surface area (Å²) in [6.07, 6.45) is 5.51. The highest BCUT2D eigenvalue weighted by Gasteiger charge is 2.30. The third-order valence-electron chi connectivity index (χ3n) is 7.45. The number of carbonyl (C=O) groups is 2. The molecule has 1 aromatic heterocycles. The Morgan fingerprint density at radius 1 is 1.17 bits per heavy atom. The number of pyridine rings is 1. The first kappa shape index (κ1) is 28.5. The summed E-state index contributed by atoms with van der Waals surface area (Å²) in [5, 5.41) is 6.36. The van der Waals surface area contributed by atoms with Gasteiger partial charge in [-0.1, -0.05) is 24.8 Å². The molecular formula is C31H38N6O4. The quantitative estimate of drug-likeness (QED) is 0.430. The maximum absolute atomic E-state index is 13.3. The van der Waals surface area contributed by atoms with Gasteiger partial charge in [0.1, 0.15) is 23.9 Å². The van der Waals surface area contributed by atoms with E-state index in [0.29, 0.717) is 30.2 Å². The van der Waals surface area contributed by atoms with Crippen molar-refractivity contribution in [1.82, 2.24) is 25.4 Å². The lowest BCUT2D eigenvalue weighted by Gasteiger charge is -2.32.